The smallest absolute Gasteiger partial charge is 0.258 e. The van der Waals surface area contributed by atoms with E-state index >= 15 is 0 Å². The molecule has 5 nitrogen and oxygen atoms in total. The molecule has 0 amide bonds. The van der Waals surface area contributed by atoms with Gasteiger partial charge in [-0.05, 0) is 12.1 Å². The number of alkyl halides is 3. The number of nitrogens with zero attached hydrogens (tertiary/aromatic N) is 3. The SMILES string of the molecule is O=[N+]([O-])c1cc(C(F)(F)F)ccc1-n1cc(Cl)cn1. The fourth-order valence-corrected chi connectivity index (χ4v) is 1.61. The molecular weight excluding hydrogens is 287 g/mol. The second-order valence-electron chi connectivity index (χ2n) is 3.56. The van der Waals surface area contributed by atoms with Crippen LogP contribution < -0.4 is 0 Å². The minimum absolute atomic E-state index is 0.0927. The van der Waals surface area contributed by atoms with E-state index in [1.165, 1.54) is 12.4 Å². The average Bonchev–Trinajstić information content (AvgIpc) is 2.73. The van der Waals surface area contributed by atoms with Crippen LogP contribution in [0.25, 0.3) is 5.69 Å². The molecule has 0 saturated carbocycles. The largest absolute Gasteiger partial charge is 0.416 e. The number of hydrogen-bond donors (Lipinski definition) is 0. The van der Waals surface area contributed by atoms with Crippen LogP contribution in [-0.2, 0) is 6.18 Å². The lowest BCUT2D eigenvalue weighted by Gasteiger charge is -2.08. The molecule has 9 heteroatoms. The average molecular weight is 292 g/mol. The molecule has 1 heterocycles. The fraction of sp³-hybridized carbons (Fsp3) is 0.100. The van der Waals surface area contributed by atoms with Crippen molar-refractivity contribution in [3.63, 3.8) is 0 Å². The van der Waals surface area contributed by atoms with Gasteiger partial charge in [-0.1, -0.05) is 11.6 Å². The third-order valence-corrected chi connectivity index (χ3v) is 2.49. The number of rotatable bonds is 2. The Kier molecular flexibility index (Phi) is 3.19. The molecular formula is C10H5ClF3N3O2. The van der Waals surface area contributed by atoms with Gasteiger partial charge in [0.25, 0.3) is 5.69 Å². The van der Waals surface area contributed by atoms with Crippen molar-refractivity contribution in [1.29, 1.82) is 0 Å². The van der Waals surface area contributed by atoms with E-state index in [1.54, 1.807) is 0 Å². The van der Waals surface area contributed by atoms with Gasteiger partial charge >= 0.3 is 6.18 Å². The van der Waals surface area contributed by atoms with Gasteiger partial charge in [-0.3, -0.25) is 10.1 Å². The van der Waals surface area contributed by atoms with Crippen LogP contribution in [0.15, 0.2) is 30.6 Å². The summed E-state index contributed by atoms with van der Waals surface area (Å²) in [7, 11) is 0. The van der Waals surface area contributed by atoms with E-state index in [9.17, 15) is 23.3 Å². The molecule has 0 saturated heterocycles. The van der Waals surface area contributed by atoms with Crippen molar-refractivity contribution < 1.29 is 18.1 Å². The number of nitro groups is 1. The van der Waals surface area contributed by atoms with Crippen molar-refractivity contribution in [2.75, 3.05) is 0 Å². The highest BCUT2D eigenvalue weighted by atomic mass is 35.5. The van der Waals surface area contributed by atoms with E-state index < -0.39 is 22.4 Å². The molecule has 0 aliphatic carbocycles. The molecule has 0 bridgehead atoms. The van der Waals surface area contributed by atoms with Crippen molar-refractivity contribution in [2.45, 2.75) is 6.18 Å². The zero-order chi connectivity index (χ0) is 14.2. The Morgan fingerprint density at radius 1 is 1.37 bits per heavy atom. The summed E-state index contributed by atoms with van der Waals surface area (Å²) >= 11 is 5.61. The molecule has 1 aromatic carbocycles. The number of hydrogen-bond acceptors (Lipinski definition) is 3. The first-order valence-corrected chi connectivity index (χ1v) is 5.23. The maximum Gasteiger partial charge on any atom is 0.416 e. The van der Waals surface area contributed by atoms with E-state index in [-0.39, 0.29) is 10.7 Å². The monoisotopic (exact) mass is 291 g/mol. The van der Waals surface area contributed by atoms with Crippen molar-refractivity contribution in [1.82, 2.24) is 9.78 Å². The Labute approximate surface area is 109 Å². The number of halogens is 4. The molecule has 0 radical (unpaired) electrons. The number of nitro benzene ring substituents is 1. The molecule has 100 valence electrons. The number of aromatic nitrogens is 2. The highest BCUT2D eigenvalue weighted by Gasteiger charge is 2.33. The lowest BCUT2D eigenvalue weighted by atomic mass is 10.1. The summed E-state index contributed by atoms with van der Waals surface area (Å²) in [4.78, 5) is 9.94. The van der Waals surface area contributed by atoms with E-state index in [4.69, 9.17) is 11.6 Å². The van der Waals surface area contributed by atoms with E-state index in [1.807, 2.05) is 0 Å². The highest BCUT2D eigenvalue weighted by Crippen LogP contribution is 2.34. The summed E-state index contributed by atoms with van der Waals surface area (Å²) in [5.41, 5.74) is -1.89. The van der Waals surface area contributed by atoms with E-state index in [0.29, 0.717) is 6.07 Å². The quantitative estimate of drug-likeness (QED) is 0.629. The third kappa shape index (κ3) is 2.68. The maximum absolute atomic E-state index is 12.5. The van der Waals surface area contributed by atoms with Crippen LogP contribution in [0.3, 0.4) is 0 Å². The first kappa shape index (κ1) is 13.3. The molecule has 19 heavy (non-hydrogen) atoms. The Balaban J connectivity index is 2.60. The summed E-state index contributed by atoms with van der Waals surface area (Å²) in [6, 6.07) is 2.19. The topological polar surface area (TPSA) is 61.0 Å². The molecule has 1 aromatic heterocycles. The fourth-order valence-electron chi connectivity index (χ4n) is 1.47. The Bertz CT molecular complexity index is 639. The van der Waals surface area contributed by atoms with Gasteiger partial charge in [0.05, 0.1) is 21.7 Å². The summed E-state index contributed by atoms with van der Waals surface area (Å²) in [6.07, 6.45) is -2.16. The van der Waals surface area contributed by atoms with Gasteiger partial charge in [-0.15, -0.1) is 0 Å². The lowest BCUT2D eigenvalue weighted by molar-refractivity contribution is -0.384. The first-order chi connectivity index (χ1) is 8.79. The molecule has 0 fully saturated rings. The molecule has 2 aromatic rings. The molecule has 0 aliphatic rings. The Morgan fingerprint density at radius 3 is 2.53 bits per heavy atom. The van der Waals surface area contributed by atoms with Crippen LogP contribution in [-0.4, -0.2) is 14.7 Å². The second-order valence-corrected chi connectivity index (χ2v) is 4.00. The lowest BCUT2D eigenvalue weighted by Crippen LogP contribution is -2.08. The van der Waals surface area contributed by atoms with E-state index in [2.05, 4.69) is 5.10 Å². The van der Waals surface area contributed by atoms with Crippen LogP contribution in [0.5, 0.6) is 0 Å². The molecule has 0 aliphatic heterocycles. The molecule has 0 spiro atoms. The minimum atomic E-state index is -4.65. The Morgan fingerprint density at radius 2 is 2.05 bits per heavy atom. The third-order valence-electron chi connectivity index (χ3n) is 2.30. The first-order valence-electron chi connectivity index (χ1n) is 4.85. The molecule has 0 N–H and O–H groups in total. The predicted molar refractivity (Wildman–Crippen MR) is 60.2 cm³/mol. The molecule has 2 rings (SSSR count). The van der Waals surface area contributed by atoms with Gasteiger partial charge in [0.15, 0.2) is 0 Å². The summed E-state index contributed by atoms with van der Waals surface area (Å²) in [5.74, 6) is 0. The van der Waals surface area contributed by atoms with Crippen LogP contribution >= 0.6 is 11.6 Å². The van der Waals surface area contributed by atoms with Crippen LogP contribution in [0.1, 0.15) is 5.56 Å². The van der Waals surface area contributed by atoms with Gasteiger partial charge in [0, 0.05) is 12.3 Å². The van der Waals surface area contributed by atoms with Gasteiger partial charge in [-0.2, -0.15) is 18.3 Å². The highest BCUT2D eigenvalue weighted by molar-refractivity contribution is 6.30. The van der Waals surface area contributed by atoms with Gasteiger partial charge in [0.2, 0.25) is 0 Å². The van der Waals surface area contributed by atoms with E-state index in [0.717, 1.165) is 16.8 Å². The van der Waals surface area contributed by atoms with Crippen molar-refractivity contribution >= 4 is 17.3 Å². The summed E-state index contributed by atoms with van der Waals surface area (Å²) in [6.45, 7) is 0. The normalized spacial score (nSPS) is 11.6. The predicted octanol–water partition coefficient (Wildman–Crippen LogP) is 3.45. The van der Waals surface area contributed by atoms with Crippen LogP contribution in [0, 0.1) is 10.1 Å². The van der Waals surface area contributed by atoms with Gasteiger partial charge in [-0.25, -0.2) is 4.68 Å². The summed E-state index contributed by atoms with van der Waals surface area (Å²) < 4.78 is 38.6. The second kappa shape index (κ2) is 4.54. The molecule has 0 atom stereocenters. The van der Waals surface area contributed by atoms with Gasteiger partial charge in [0.1, 0.15) is 5.69 Å². The van der Waals surface area contributed by atoms with Crippen molar-refractivity contribution in [3.05, 3.63) is 51.3 Å². The maximum atomic E-state index is 12.5. The van der Waals surface area contributed by atoms with Crippen molar-refractivity contribution in [3.8, 4) is 5.69 Å². The summed E-state index contributed by atoms with van der Waals surface area (Å²) in [5, 5.41) is 14.8. The zero-order valence-electron chi connectivity index (χ0n) is 9.06. The van der Waals surface area contributed by atoms with Crippen LogP contribution in [0.4, 0.5) is 18.9 Å². The molecule has 0 unspecified atom stereocenters. The Hall–Kier alpha value is -2.09. The number of benzene rings is 1. The zero-order valence-corrected chi connectivity index (χ0v) is 9.81. The van der Waals surface area contributed by atoms with Crippen molar-refractivity contribution in [2.24, 2.45) is 0 Å². The standard InChI is InChI=1S/C10H5ClF3N3O2/c11-7-4-15-16(5-7)8-2-1-6(10(12,13)14)3-9(8)17(18)19/h1-5H. The minimum Gasteiger partial charge on any atom is -0.258 e. The van der Waals surface area contributed by atoms with Gasteiger partial charge < -0.3 is 0 Å². The van der Waals surface area contributed by atoms with Crippen LogP contribution in [0.2, 0.25) is 5.02 Å².